The number of rotatable bonds is 5. The first kappa shape index (κ1) is 17.7. The van der Waals surface area contributed by atoms with E-state index in [4.69, 9.17) is 13.7 Å². The number of nitrogens with zero attached hydrogens (tertiary/aromatic N) is 3. The molecule has 1 atom stereocenters. The molecule has 0 radical (unpaired) electrons. The molecule has 1 amide bonds. The van der Waals surface area contributed by atoms with E-state index in [1.807, 2.05) is 6.92 Å². The average molecular weight is 357 g/mol. The molecule has 3 rings (SSSR count). The largest absolute Gasteiger partial charge is 0.481 e. The fourth-order valence-electron chi connectivity index (χ4n) is 2.62. The van der Waals surface area contributed by atoms with Crippen molar-refractivity contribution in [2.75, 3.05) is 7.05 Å². The number of ether oxygens (including phenoxy) is 1. The zero-order valence-corrected chi connectivity index (χ0v) is 15.0. The molecule has 0 fully saturated rings. The van der Waals surface area contributed by atoms with Gasteiger partial charge in [0.05, 0.1) is 6.54 Å². The Bertz CT molecular complexity index is 1010. The van der Waals surface area contributed by atoms with Gasteiger partial charge in [-0.2, -0.15) is 4.98 Å². The quantitative estimate of drug-likeness (QED) is 0.646. The summed E-state index contributed by atoms with van der Waals surface area (Å²) in [5, 5.41) is 4.46. The van der Waals surface area contributed by atoms with E-state index < -0.39 is 11.7 Å². The summed E-state index contributed by atoms with van der Waals surface area (Å²) in [6.07, 6.45) is -0.711. The number of aromatic nitrogens is 2. The van der Waals surface area contributed by atoms with Gasteiger partial charge in [-0.3, -0.25) is 4.79 Å². The van der Waals surface area contributed by atoms with Crippen molar-refractivity contribution in [2.24, 2.45) is 0 Å². The second kappa shape index (κ2) is 6.99. The molecule has 0 bridgehead atoms. The van der Waals surface area contributed by atoms with Crippen molar-refractivity contribution in [3.05, 3.63) is 52.0 Å². The summed E-state index contributed by atoms with van der Waals surface area (Å²) >= 11 is 0. The van der Waals surface area contributed by atoms with Gasteiger partial charge in [0, 0.05) is 18.5 Å². The Balaban J connectivity index is 1.72. The molecule has 0 aliphatic heterocycles. The van der Waals surface area contributed by atoms with Crippen LogP contribution in [0.3, 0.4) is 0 Å². The van der Waals surface area contributed by atoms with Gasteiger partial charge in [-0.1, -0.05) is 5.16 Å². The summed E-state index contributed by atoms with van der Waals surface area (Å²) in [5.41, 5.74) is 0.861. The molecule has 26 heavy (non-hydrogen) atoms. The molecule has 136 valence electrons. The third-order valence-corrected chi connectivity index (χ3v) is 3.90. The molecule has 0 saturated carbocycles. The van der Waals surface area contributed by atoms with Crippen LogP contribution in [0, 0.1) is 13.8 Å². The van der Waals surface area contributed by atoms with Gasteiger partial charge in [0.1, 0.15) is 11.3 Å². The standard InChI is InChI=1S/C18H19N3O5/c1-10-7-17(22)25-15-6-5-13(8-14(10)15)24-11(2)18(23)21(4)9-16-19-12(3)20-26-16/h5-8,11H,9H2,1-4H3/t11-/m1/s1. The highest BCUT2D eigenvalue weighted by Gasteiger charge is 2.21. The van der Waals surface area contributed by atoms with Gasteiger partial charge in [-0.05, 0) is 44.5 Å². The van der Waals surface area contributed by atoms with E-state index in [1.165, 1.54) is 11.0 Å². The van der Waals surface area contributed by atoms with Crippen LogP contribution in [0.15, 0.2) is 38.0 Å². The van der Waals surface area contributed by atoms with Crippen LogP contribution in [0.2, 0.25) is 0 Å². The normalized spacial score (nSPS) is 12.2. The molecule has 0 aliphatic carbocycles. The summed E-state index contributed by atoms with van der Waals surface area (Å²) < 4.78 is 15.9. The highest BCUT2D eigenvalue weighted by atomic mass is 16.5. The highest BCUT2D eigenvalue weighted by molar-refractivity contribution is 5.82. The van der Waals surface area contributed by atoms with Crippen LogP contribution in [0.25, 0.3) is 11.0 Å². The third-order valence-electron chi connectivity index (χ3n) is 3.90. The number of hydrogen-bond donors (Lipinski definition) is 0. The molecule has 8 heteroatoms. The number of fused-ring (bicyclic) bond motifs is 1. The first-order valence-corrected chi connectivity index (χ1v) is 8.09. The zero-order chi connectivity index (χ0) is 18.8. The van der Waals surface area contributed by atoms with E-state index in [2.05, 4.69) is 10.1 Å². The summed E-state index contributed by atoms with van der Waals surface area (Å²) in [7, 11) is 1.64. The van der Waals surface area contributed by atoms with Crippen molar-refractivity contribution < 1.29 is 18.5 Å². The van der Waals surface area contributed by atoms with E-state index in [1.54, 1.807) is 39.1 Å². The second-order valence-electron chi connectivity index (χ2n) is 6.10. The summed E-state index contributed by atoms with van der Waals surface area (Å²) in [5.74, 6) is 1.17. The van der Waals surface area contributed by atoms with Crippen molar-refractivity contribution in [3.8, 4) is 5.75 Å². The Hall–Kier alpha value is -3.16. The Morgan fingerprint density at radius 2 is 2.08 bits per heavy atom. The maximum Gasteiger partial charge on any atom is 0.336 e. The van der Waals surface area contributed by atoms with Gasteiger partial charge in [0.2, 0.25) is 5.89 Å². The Labute approximate surface area is 149 Å². The summed E-state index contributed by atoms with van der Waals surface area (Å²) in [4.78, 5) is 29.4. The molecule has 8 nitrogen and oxygen atoms in total. The second-order valence-corrected chi connectivity index (χ2v) is 6.10. The van der Waals surface area contributed by atoms with Crippen LogP contribution >= 0.6 is 0 Å². The number of aryl methyl sites for hydroxylation is 2. The predicted molar refractivity (Wildman–Crippen MR) is 92.8 cm³/mol. The first-order valence-electron chi connectivity index (χ1n) is 8.09. The lowest BCUT2D eigenvalue weighted by molar-refractivity contribution is -0.137. The van der Waals surface area contributed by atoms with Crippen LogP contribution in [0.5, 0.6) is 5.75 Å². The molecule has 0 spiro atoms. The van der Waals surface area contributed by atoms with Crippen LogP contribution < -0.4 is 10.4 Å². The van der Waals surface area contributed by atoms with Crippen LogP contribution in [-0.4, -0.2) is 34.1 Å². The molecule has 2 heterocycles. The van der Waals surface area contributed by atoms with Crippen LogP contribution in [0.1, 0.15) is 24.2 Å². The molecule has 1 aromatic carbocycles. The Kier molecular flexibility index (Phi) is 4.75. The van der Waals surface area contributed by atoms with Crippen molar-refractivity contribution >= 4 is 16.9 Å². The van der Waals surface area contributed by atoms with Gasteiger partial charge < -0.3 is 18.6 Å². The first-order chi connectivity index (χ1) is 12.3. The molecule has 0 saturated heterocycles. The van der Waals surface area contributed by atoms with Gasteiger partial charge in [-0.15, -0.1) is 0 Å². The maximum absolute atomic E-state index is 12.5. The SMILES string of the molecule is Cc1noc(CN(C)C(=O)[C@@H](C)Oc2ccc3oc(=O)cc(C)c3c2)n1. The van der Waals surface area contributed by atoms with Crippen molar-refractivity contribution in [2.45, 2.75) is 33.4 Å². The van der Waals surface area contributed by atoms with Crippen molar-refractivity contribution in [1.82, 2.24) is 15.0 Å². The van der Waals surface area contributed by atoms with E-state index in [0.29, 0.717) is 23.0 Å². The highest BCUT2D eigenvalue weighted by Crippen LogP contribution is 2.23. The predicted octanol–water partition coefficient (Wildman–Crippen LogP) is 2.22. The zero-order valence-electron chi connectivity index (χ0n) is 15.0. The average Bonchev–Trinajstić information content (AvgIpc) is 2.99. The molecular formula is C18H19N3O5. The van der Waals surface area contributed by atoms with E-state index in [0.717, 1.165) is 10.9 Å². The maximum atomic E-state index is 12.5. The number of carbonyl (C=O) groups excluding carboxylic acids is 1. The minimum absolute atomic E-state index is 0.204. The number of amides is 1. The molecule has 3 aromatic rings. The summed E-state index contributed by atoms with van der Waals surface area (Å²) in [6, 6.07) is 6.48. The lowest BCUT2D eigenvalue weighted by Crippen LogP contribution is -2.37. The molecule has 0 N–H and O–H groups in total. The molecular weight excluding hydrogens is 338 g/mol. The van der Waals surface area contributed by atoms with Gasteiger partial charge >= 0.3 is 5.63 Å². The van der Waals surface area contributed by atoms with Crippen molar-refractivity contribution in [1.29, 1.82) is 0 Å². The van der Waals surface area contributed by atoms with Crippen molar-refractivity contribution in [3.63, 3.8) is 0 Å². The van der Waals surface area contributed by atoms with E-state index >= 15 is 0 Å². The summed E-state index contributed by atoms with van der Waals surface area (Å²) in [6.45, 7) is 5.40. The minimum Gasteiger partial charge on any atom is -0.481 e. The van der Waals surface area contributed by atoms with Gasteiger partial charge in [0.15, 0.2) is 11.9 Å². The number of benzene rings is 1. The van der Waals surface area contributed by atoms with Gasteiger partial charge in [0.25, 0.3) is 5.91 Å². The molecule has 0 aliphatic rings. The van der Waals surface area contributed by atoms with E-state index in [9.17, 15) is 9.59 Å². The number of carbonyl (C=O) groups is 1. The Morgan fingerprint density at radius 3 is 2.77 bits per heavy atom. The fourth-order valence-corrected chi connectivity index (χ4v) is 2.62. The smallest absolute Gasteiger partial charge is 0.336 e. The van der Waals surface area contributed by atoms with Gasteiger partial charge in [-0.25, -0.2) is 4.79 Å². The molecule has 0 unspecified atom stereocenters. The third kappa shape index (κ3) is 3.74. The molecule has 2 aromatic heterocycles. The monoisotopic (exact) mass is 357 g/mol. The van der Waals surface area contributed by atoms with E-state index in [-0.39, 0.29) is 12.5 Å². The Morgan fingerprint density at radius 1 is 1.31 bits per heavy atom. The lowest BCUT2D eigenvalue weighted by atomic mass is 10.1. The lowest BCUT2D eigenvalue weighted by Gasteiger charge is -2.21. The van der Waals surface area contributed by atoms with Crippen LogP contribution in [-0.2, 0) is 11.3 Å². The topological polar surface area (TPSA) is 98.7 Å². The minimum atomic E-state index is -0.711. The fraction of sp³-hybridized carbons (Fsp3) is 0.333. The number of likely N-dealkylation sites (N-methyl/N-ethyl adjacent to an activating group) is 1. The van der Waals surface area contributed by atoms with Crippen LogP contribution in [0.4, 0.5) is 0 Å². The number of hydrogen-bond acceptors (Lipinski definition) is 7.